The highest BCUT2D eigenvalue weighted by Crippen LogP contribution is 2.52. The topological polar surface area (TPSA) is 8.17 Å². The van der Waals surface area contributed by atoms with Crippen molar-refractivity contribution in [2.45, 2.75) is 19.3 Å². The van der Waals surface area contributed by atoms with Crippen molar-refractivity contribution in [1.82, 2.24) is 4.57 Å². The fourth-order valence-electron chi connectivity index (χ4n) is 9.40. The van der Waals surface area contributed by atoms with E-state index in [1.165, 1.54) is 76.7 Å². The first-order chi connectivity index (χ1) is 27.1. The Morgan fingerprint density at radius 3 is 1.69 bits per heavy atom. The summed E-state index contributed by atoms with van der Waals surface area (Å²) in [5.41, 5.74) is 14.7. The normalized spacial score (nSPS) is 13.1. The lowest BCUT2D eigenvalue weighted by atomic mass is 9.82. The molecule has 9 aromatic carbocycles. The van der Waals surface area contributed by atoms with Crippen LogP contribution in [0.5, 0.6) is 0 Å². The van der Waals surface area contributed by atoms with Crippen molar-refractivity contribution in [3.63, 3.8) is 0 Å². The summed E-state index contributed by atoms with van der Waals surface area (Å²) in [4.78, 5) is 2.48. The second-order valence-electron chi connectivity index (χ2n) is 15.3. The van der Waals surface area contributed by atoms with Crippen molar-refractivity contribution in [2.24, 2.45) is 0 Å². The zero-order chi connectivity index (χ0) is 36.7. The van der Waals surface area contributed by atoms with Gasteiger partial charge in [-0.25, -0.2) is 0 Å². The maximum absolute atomic E-state index is 2.48. The molecule has 0 saturated carbocycles. The summed E-state index contributed by atoms with van der Waals surface area (Å²) in [6, 6.07) is 71.5. The Kier molecular flexibility index (Phi) is 6.93. The van der Waals surface area contributed by atoms with Gasteiger partial charge in [0.15, 0.2) is 0 Å². The lowest BCUT2D eigenvalue weighted by Crippen LogP contribution is -2.15. The van der Waals surface area contributed by atoms with Crippen LogP contribution >= 0.6 is 0 Å². The Morgan fingerprint density at radius 1 is 0.400 bits per heavy atom. The minimum Gasteiger partial charge on any atom is -0.310 e. The van der Waals surface area contributed by atoms with Gasteiger partial charge in [0.05, 0.1) is 16.7 Å². The van der Waals surface area contributed by atoms with Gasteiger partial charge in [-0.1, -0.05) is 153 Å². The van der Waals surface area contributed by atoms with Crippen LogP contribution in [0.1, 0.15) is 25.0 Å². The number of benzene rings is 9. The first-order valence-electron chi connectivity index (χ1n) is 19.2. The Hall–Kier alpha value is -6.90. The maximum atomic E-state index is 2.48. The van der Waals surface area contributed by atoms with Crippen molar-refractivity contribution in [1.29, 1.82) is 0 Å². The van der Waals surface area contributed by atoms with Gasteiger partial charge in [0.1, 0.15) is 0 Å². The van der Waals surface area contributed by atoms with Gasteiger partial charge < -0.3 is 9.47 Å². The van der Waals surface area contributed by atoms with Crippen LogP contribution in [0.4, 0.5) is 17.1 Å². The number of rotatable bonds is 5. The highest BCUT2D eigenvalue weighted by atomic mass is 15.1. The van der Waals surface area contributed by atoms with Crippen LogP contribution in [0, 0.1) is 0 Å². The number of nitrogens with zero attached hydrogens (tertiary/aromatic N) is 2. The molecule has 0 bridgehead atoms. The fraction of sp³-hybridized carbons (Fsp3) is 0.0566. The SMILES string of the molecule is CC1(C)c2ccccc2-c2cc(N(c3ccc(-n4c5ccccc5c5ccccc54)cc3)c3ccc4ccccc4c3-c3cccc4ccccc34)ccc21. The number of para-hydroxylation sites is 2. The molecule has 55 heavy (non-hydrogen) atoms. The highest BCUT2D eigenvalue weighted by molar-refractivity contribution is 6.12. The van der Waals surface area contributed by atoms with E-state index in [1.54, 1.807) is 0 Å². The molecule has 0 saturated heterocycles. The molecule has 260 valence electrons. The standard InChI is InChI=1S/C53H38N2/c1-53(2)47-23-10-7-19-42(47)46-34-39(31-32-48(46)53)54(37-27-29-38(30-28-37)55-49-24-11-8-20-43(49)44-21-9-12-25-50(44)55)51-33-26-36-15-4-6-18-41(36)52(51)45-22-13-16-35-14-3-5-17-40(35)45/h3-34H,1-2H3. The summed E-state index contributed by atoms with van der Waals surface area (Å²) in [7, 11) is 0. The Labute approximate surface area is 321 Å². The van der Waals surface area contributed by atoms with Gasteiger partial charge in [-0.05, 0) is 104 Å². The summed E-state index contributed by atoms with van der Waals surface area (Å²) in [5, 5.41) is 7.46. The molecule has 0 radical (unpaired) electrons. The zero-order valence-electron chi connectivity index (χ0n) is 30.9. The smallest absolute Gasteiger partial charge is 0.0546 e. The van der Waals surface area contributed by atoms with Gasteiger partial charge in [0, 0.05) is 38.8 Å². The molecule has 11 rings (SSSR count). The summed E-state index contributed by atoms with van der Waals surface area (Å²) in [6.07, 6.45) is 0. The molecule has 2 nitrogen and oxygen atoms in total. The largest absolute Gasteiger partial charge is 0.310 e. The average Bonchev–Trinajstić information content (AvgIpc) is 3.69. The second kappa shape index (κ2) is 12.1. The van der Waals surface area contributed by atoms with Crippen LogP contribution in [0.2, 0.25) is 0 Å². The molecule has 0 atom stereocenters. The third kappa shape index (κ3) is 4.74. The van der Waals surface area contributed by atoms with Gasteiger partial charge in [0.25, 0.3) is 0 Å². The first kappa shape index (κ1) is 31.6. The van der Waals surface area contributed by atoms with E-state index in [0.29, 0.717) is 0 Å². The third-order valence-corrected chi connectivity index (χ3v) is 12.0. The lowest BCUT2D eigenvalue weighted by Gasteiger charge is -2.30. The molecule has 0 fully saturated rings. The quantitative estimate of drug-likeness (QED) is 0.173. The number of aromatic nitrogens is 1. The summed E-state index contributed by atoms with van der Waals surface area (Å²) < 4.78 is 2.39. The van der Waals surface area contributed by atoms with Crippen LogP contribution < -0.4 is 4.90 Å². The minimum absolute atomic E-state index is 0.0731. The van der Waals surface area contributed by atoms with Crippen molar-refractivity contribution in [3.05, 3.63) is 205 Å². The fourth-order valence-corrected chi connectivity index (χ4v) is 9.40. The molecule has 2 heteroatoms. The van der Waals surface area contributed by atoms with Crippen LogP contribution in [0.3, 0.4) is 0 Å². The average molecular weight is 703 g/mol. The molecule has 0 spiro atoms. The number of anilines is 3. The number of fused-ring (bicyclic) bond motifs is 8. The van der Waals surface area contributed by atoms with E-state index in [1.807, 2.05) is 0 Å². The highest BCUT2D eigenvalue weighted by Gasteiger charge is 2.35. The van der Waals surface area contributed by atoms with E-state index in [-0.39, 0.29) is 5.41 Å². The number of hydrogen-bond donors (Lipinski definition) is 0. The van der Waals surface area contributed by atoms with Crippen LogP contribution in [0.15, 0.2) is 194 Å². The Morgan fingerprint density at radius 2 is 0.945 bits per heavy atom. The number of hydrogen-bond acceptors (Lipinski definition) is 1. The predicted octanol–water partition coefficient (Wildman–Crippen LogP) is 14.5. The van der Waals surface area contributed by atoms with E-state index in [9.17, 15) is 0 Å². The zero-order valence-corrected chi connectivity index (χ0v) is 30.9. The van der Waals surface area contributed by atoms with Crippen LogP contribution in [-0.2, 0) is 5.41 Å². The van der Waals surface area contributed by atoms with E-state index in [4.69, 9.17) is 0 Å². The maximum Gasteiger partial charge on any atom is 0.0546 e. The minimum atomic E-state index is -0.0731. The molecule has 0 unspecified atom stereocenters. The van der Waals surface area contributed by atoms with E-state index in [0.717, 1.165) is 22.7 Å². The molecule has 1 aromatic heterocycles. The summed E-state index contributed by atoms with van der Waals surface area (Å²) >= 11 is 0. The van der Waals surface area contributed by atoms with E-state index in [2.05, 4.69) is 217 Å². The molecule has 1 aliphatic carbocycles. The van der Waals surface area contributed by atoms with Crippen molar-refractivity contribution in [2.75, 3.05) is 4.90 Å². The molecular formula is C53H38N2. The summed E-state index contributed by atoms with van der Waals surface area (Å²) in [6.45, 7) is 4.70. The van der Waals surface area contributed by atoms with Crippen molar-refractivity contribution < 1.29 is 0 Å². The third-order valence-electron chi connectivity index (χ3n) is 12.0. The van der Waals surface area contributed by atoms with E-state index >= 15 is 0 Å². The van der Waals surface area contributed by atoms with Gasteiger partial charge in [-0.2, -0.15) is 0 Å². The lowest BCUT2D eigenvalue weighted by molar-refractivity contribution is 0.660. The Bertz CT molecular complexity index is 3070. The van der Waals surface area contributed by atoms with Gasteiger partial charge in [0.2, 0.25) is 0 Å². The van der Waals surface area contributed by atoms with Gasteiger partial charge in [-0.15, -0.1) is 0 Å². The van der Waals surface area contributed by atoms with Crippen LogP contribution in [-0.4, -0.2) is 4.57 Å². The van der Waals surface area contributed by atoms with Gasteiger partial charge in [-0.3, -0.25) is 0 Å². The second-order valence-corrected chi connectivity index (χ2v) is 15.3. The van der Waals surface area contributed by atoms with E-state index < -0.39 is 0 Å². The molecule has 10 aromatic rings. The molecule has 0 aliphatic heterocycles. The Balaban J connectivity index is 1.18. The van der Waals surface area contributed by atoms with Crippen LogP contribution in [0.25, 0.3) is 71.3 Å². The monoisotopic (exact) mass is 702 g/mol. The molecule has 0 N–H and O–H groups in total. The molecular weight excluding hydrogens is 665 g/mol. The van der Waals surface area contributed by atoms with Gasteiger partial charge >= 0.3 is 0 Å². The molecule has 1 heterocycles. The van der Waals surface area contributed by atoms with Crippen molar-refractivity contribution in [3.8, 4) is 27.9 Å². The molecule has 1 aliphatic rings. The first-order valence-corrected chi connectivity index (χ1v) is 19.2. The predicted molar refractivity (Wildman–Crippen MR) is 233 cm³/mol. The summed E-state index contributed by atoms with van der Waals surface area (Å²) in [5.74, 6) is 0. The van der Waals surface area contributed by atoms with Crippen molar-refractivity contribution >= 4 is 60.4 Å². The molecule has 0 amide bonds.